The lowest BCUT2D eigenvalue weighted by molar-refractivity contribution is -0.139. The van der Waals surface area contributed by atoms with Crippen LogP contribution in [0.3, 0.4) is 0 Å². The second-order valence-corrected chi connectivity index (χ2v) is 15.6. The normalized spacial score (nSPS) is 25.8. The van der Waals surface area contributed by atoms with E-state index in [0.29, 0.717) is 35.6 Å². The average Bonchev–Trinajstić information content (AvgIpc) is 4.00. The maximum atomic E-state index is 14.0. The average molecular weight is 669 g/mol. The minimum atomic E-state index is 0.00817. The molecule has 3 aromatic carbocycles. The molecule has 0 unspecified atom stereocenters. The smallest absolute Gasteiger partial charge is 0.254 e. The summed E-state index contributed by atoms with van der Waals surface area (Å²) in [5.41, 5.74) is 12.3. The SMILES string of the molecule is COc1cc(C(=O)N2C[C@H]3CC[C@@H]2[C@@H]3N)cc2nc(-c3cc4ccccc4n3CC3CC3)n(CC3CN(C(=O)[C@@H]4C[C@H]4c4ccccc4)C3)c12. The van der Waals surface area contributed by atoms with Crippen molar-refractivity contribution in [3.8, 4) is 17.3 Å². The fraction of sp³-hybridized carbons (Fsp3) is 0.439. The molecule has 9 nitrogen and oxygen atoms in total. The topological polar surface area (TPSA) is 98.6 Å². The first-order valence-electron chi connectivity index (χ1n) is 18.5. The van der Waals surface area contributed by atoms with Crippen LogP contribution in [0.5, 0.6) is 5.75 Å². The summed E-state index contributed by atoms with van der Waals surface area (Å²) in [6, 6.07) is 25.3. The monoisotopic (exact) mass is 668 g/mol. The molecule has 0 spiro atoms. The van der Waals surface area contributed by atoms with Crippen LogP contribution >= 0.6 is 0 Å². The fourth-order valence-electron chi connectivity index (χ4n) is 9.38. The Morgan fingerprint density at radius 3 is 2.40 bits per heavy atom. The standard InChI is InChI=1S/C41H44N6O3/c1-50-36-17-29(40(48)46-23-28-13-14-34(46)37(28)42)15-32-38(36)47(22-25-19-44(20-25)41(49)31-18-30(31)26-7-3-2-4-8-26)39(43-32)35-16-27-9-5-6-10-33(27)45(35)21-24-11-12-24/h2-10,15-17,24-25,28,30-31,34,37H,11-14,18-23,42H2,1H3/t28-,30+,31-,34-,37-/m1/s1. The van der Waals surface area contributed by atoms with Crippen molar-refractivity contribution in [3.05, 3.63) is 83.9 Å². The zero-order valence-corrected chi connectivity index (χ0v) is 28.6. The highest BCUT2D eigenvalue weighted by Crippen LogP contribution is 2.49. The van der Waals surface area contributed by atoms with Gasteiger partial charge in [-0.2, -0.15) is 0 Å². The summed E-state index contributed by atoms with van der Waals surface area (Å²) >= 11 is 0. The van der Waals surface area contributed by atoms with Crippen molar-refractivity contribution in [1.82, 2.24) is 23.9 Å². The van der Waals surface area contributed by atoms with E-state index in [1.807, 2.05) is 28.0 Å². The number of imidazole rings is 1. The third-order valence-corrected chi connectivity index (χ3v) is 12.4. The second-order valence-electron chi connectivity index (χ2n) is 15.6. The van der Waals surface area contributed by atoms with Crippen LogP contribution in [0, 0.1) is 23.7 Å². The van der Waals surface area contributed by atoms with E-state index in [-0.39, 0.29) is 35.7 Å². The molecule has 256 valence electrons. The number of piperidine rings is 1. The van der Waals surface area contributed by atoms with Crippen LogP contribution in [0.15, 0.2) is 72.8 Å². The first-order chi connectivity index (χ1) is 24.4. The van der Waals surface area contributed by atoms with Crippen molar-refractivity contribution >= 4 is 33.8 Å². The highest BCUT2D eigenvalue weighted by molar-refractivity contribution is 6.00. The summed E-state index contributed by atoms with van der Waals surface area (Å²) in [6.07, 6.45) is 5.51. The van der Waals surface area contributed by atoms with E-state index in [2.05, 4.69) is 63.7 Å². The number of aromatic nitrogens is 3. The number of amides is 2. The third-order valence-electron chi connectivity index (χ3n) is 12.4. The van der Waals surface area contributed by atoms with Crippen LogP contribution in [-0.2, 0) is 17.9 Å². The van der Waals surface area contributed by atoms with E-state index >= 15 is 0 Å². The summed E-state index contributed by atoms with van der Waals surface area (Å²) in [6.45, 7) is 3.85. The molecule has 5 aromatic rings. The van der Waals surface area contributed by atoms with Gasteiger partial charge in [0, 0.05) is 73.1 Å². The van der Waals surface area contributed by atoms with Gasteiger partial charge in [-0.25, -0.2) is 4.98 Å². The fourth-order valence-corrected chi connectivity index (χ4v) is 9.38. The maximum Gasteiger partial charge on any atom is 0.254 e. The number of likely N-dealkylation sites (tertiary alicyclic amines) is 2. The molecule has 2 amide bonds. The first kappa shape index (κ1) is 30.2. The van der Waals surface area contributed by atoms with E-state index in [4.69, 9.17) is 15.5 Å². The molecule has 0 radical (unpaired) electrons. The molecule has 50 heavy (non-hydrogen) atoms. The highest BCUT2D eigenvalue weighted by Gasteiger charge is 2.49. The third kappa shape index (κ3) is 4.88. The lowest BCUT2D eigenvalue weighted by Crippen LogP contribution is -2.52. The van der Waals surface area contributed by atoms with Gasteiger partial charge in [-0.1, -0.05) is 48.5 Å². The molecular weight excluding hydrogens is 624 g/mol. The Kier molecular flexibility index (Phi) is 6.92. The quantitative estimate of drug-likeness (QED) is 0.211. The van der Waals surface area contributed by atoms with Gasteiger partial charge in [0.25, 0.3) is 5.91 Å². The van der Waals surface area contributed by atoms with E-state index in [0.717, 1.165) is 68.0 Å². The molecule has 9 heteroatoms. The van der Waals surface area contributed by atoms with Gasteiger partial charge in [0.1, 0.15) is 11.3 Å². The summed E-state index contributed by atoms with van der Waals surface area (Å²) < 4.78 is 10.8. The van der Waals surface area contributed by atoms with Gasteiger partial charge in [-0.05, 0) is 79.7 Å². The van der Waals surface area contributed by atoms with Crippen molar-refractivity contribution in [2.24, 2.45) is 29.4 Å². The number of rotatable bonds is 9. The second kappa shape index (κ2) is 11.5. The number of ether oxygens (including phenoxy) is 1. The Hall–Kier alpha value is -4.63. The minimum absolute atomic E-state index is 0.00817. The van der Waals surface area contributed by atoms with Crippen molar-refractivity contribution in [2.45, 2.75) is 63.2 Å². The van der Waals surface area contributed by atoms with Gasteiger partial charge in [0.05, 0.1) is 18.3 Å². The van der Waals surface area contributed by atoms with Crippen molar-refractivity contribution in [2.75, 3.05) is 26.7 Å². The van der Waals surface area contributed by atoms with Crippen LogP contribution in [0.1, 0.15) is 53.9 Å². The molecule has 2 aliphatic heterocycles. The first-order valence-corrected chi connectivity index (χ1v) is 18.5. The predicted molar refractivity (Wildman–Crippen MR) is 193 cm³/mol. The molecule has 3 saturated carbocycles. The molecule has 5 atom stereocenters. The summed E-state index contributed by atoms with van der Waals surface area (Å²) in [5.74, 6) is 3.62. The number of carbonyl (C=O) groups excluding carboxylic acids is 2. The molecule has 3 aliphatic carbocycles. The van der Waals surface area contributed by atoms with Gasteiger partial charge in [0.15, 0.2) is 5.82 Å². The Bertz CT molecular complexity index is 2140. The van der Waals surface area contributed by atoms with Crippen LogP contribution in [0.25, 0.3) is 33.5 Å². The molecular formula is C41H44N6O3. The van der Waals surface area contributed by atoms with Gasteiger partial charge in [-0.3, -0.25) is 9.59 Å². The van der Waals surface area contributed by atoms with Crippen molar-refractivity contribution in [3.63, 3.8) is 0 Å². The largest absolute Gasteiger partial charge is 0.494 e. The molecule has 2 aromatic heterocycles. The maximum absolute atomic E-state index is 14.0. The number of methoxy groups -OCH3 is 1. The lowest BCUT2D eigenvalue weighted by Gasteiger charge is -2.40. The number of hydrogen-bond donors (Lipinski definition) is 1. The molecule has 2 N–H and O–H groups in total. The molecule has 2 bridgehead atoms. The van der Waals surface area contributed by atoms with Gasteiger partial charge < -0.3 is 29.4 Å². The van der Waals surface area contributed by atoms with Crippen LogP contribution < -0.4 is 10.5 Å². The lowest BCUT2D eigenvalue weighted by atomic mass is 9.98. The zero-order chi connectivity index (χ0) is 33.7. The molecule has 4 heterocycles. The summed E-state index contributed by atoms with van der Waals surface area (Å²) in [7, 11) is 1.68. The summed E-state index contributed by atoms with van der Waals surface area (Å²) in [5, 5.41) is 1.20. The van der Waals surface area contributed by atoms with Crippen LogP contribution in [0.2, 0.25) is 0 Å². The van der Waals surface area contributed by atoms with Crippen molar-refractivity contribution in [1.29, 1.82) is 0 Å². The number of para-hydroxylation sites is 1. The number of nitrogens with zero attached hydrogens (tertiary/aromatic N) is 5. The molecule has 5 fully saturated rings. The Labute approximate surface area is 292 Å². The van der Waals surface area contributed by atoms with E-state index in [9.17, 15) is 9.59 Å². The van der Waals surface area contributed by atoms with E-state index < -0.39 is 0 Å². The summed E-state index contributed by atoms with van der Waals surface area (Å²) in [4.78, 5) is 36.9. The zero-order valence-electron chi connectivity index (χ0n) is 28.6. The van der Waals surface area contributed by atoms with Crippen LogP contribution in [-0.4, -0.2) is 74.6 Å². The van der Waals surface area contributed by atoms with Gasteiger partial charge in [0.2, 0.25) is 5.91 Å². The Balaban J connectivity index is 1.00. The minimum Gasteiger partial charge on any atom is -0.494 e. The Morgan fingerprint density at radius 2 is 1.66 bits per heavy atom. The van der Waals surface area contributed by atoms with Gasteiger partial charge in [-0.15, -0.1) is 0 Å². The van der Waals surface area contributed by atoms with E-state index in [1.165, 1.54) is 29.3 Å². The van der Waals surface area contributed by atoms with Gasteiger partial charge >= 0.3 is 0 Å². The van der Waals surface area contributed by atoms with Crippen LogP contribution in [0.4, 0.5) is 0 Å². The molecule has 2 saturated heterocycles. The van der Waals surface area contributed by atoms with E-state index in [1.54, 1.807) is 7.11 Å². The number of hydrogen-bond acceptors (Lipinski definition) is 5. The van der Waals surface area contributed by atoms with Crippen molar-refractivity contribution < 1.29 is 14.3 Å². The molecule has 5 aliphatic rings. The predicted octanol–water partition coefficient (Wildman–Crippen LogP) is 5.90. The molecule has 10 rings (SSSR count). The highest BCUT2D eigenvalue weighted by atomic mass is 16.5. The number of fused-ring (bicyclic) bond motifs is 4. The number of benzene rings is 3. The number of carbonyl (C=O) groups is 2. The Morgan fingerprint density at radius 1 is 0.880 bits per heavy atom. The number of nitrogens with two attached hydrogens (primary N) is 1.